The van der Waals surface area contributed by atoms with Crippen LogP contribution in [-0.2, 0) is 21.4 Å². The van der Waals surface area contributed by atoms with Crippen molar-refractivity contribution in [1.82, 2.24) is 9.78 Å². The summed E-state index contributed by atoms with van der Waals surface area (Å²) in [5, 5.41) is 4.33. The number of nitrogens with two attached hydrogens (primary N) is 1. The minimum absolute atomic E-state index is 0.0299. The zero-order chi connectivity index (χ0) is 22.5. The smallest absolute Gasteiger partial charge is 0.269 e. The van der Waals surface area contributed by atoms with Gasteiger partial charge in [0.25, 0.3) is 5.91 Å². The summed E-state index contributed by atoms with van der Waals surface area (Å²) in [5.41, 5.74) is 8.10. The minimum Gasteiger partial charge on any atom is -0.364 e. The van der Waals surface area contributed by atoms with Gasteiger partial charge in [-0.05, 0) is 42.5 Å². The van der Waals surface area contributed by atoms with Gasteiger partial charge in [-0.15, -0.1) is 0 Å². The number of hydrogen-bond donors (Lipinski definition) is 2. The number of hydrogen-bond acceptors (Lipinski definition) is 5. The molecule has 2 heterocycles. The molecular weight excluding hydrogens is 425 g/mol. The van der Waals surface area contributed by atoms with Gasteiger partial charge in [-0.25, -0.2) is 17.5 Å². The molecule has 1 aliphatic heterocycles. The molecule has 0 unspecified atom stereocenters. The molecule has 3 aromatic rings. The summed E-state index contributed by atoms with van der Waals surface area (Å²) in [4.78, 5) is 25.9. The van der Waals surface area contributed by atoms with E-state index >= 15 is 0 Å². The van der Waals surface area contributed by atoms with Crippen molar-refractivity contribution in [2.75, 3.05) is 15.9 Å². The third-order valence-corrected chi connectivity index (χ3v) is 5.44. The molecule has 0 spiro atoms. The maximum Gasteiger partial charge on any atom is 0.269 e. The van der Waals surface area contributed by atoms with Crippen molar-refractivity contribution in [3.8, 4) is 16.9 Å². The molecule has 31 heavy (non-hydrogen) atoms. The number of aromatic nitrogens is 2. The van der Waals surface area contributed by atoms with Gasteiger partial charge in [-0.3, -0.25) is 14.3 Å². The molecule has 0 radical (unpaired) electrons. The predicted molar refractivity (Wildman–Crippen MR) is 113 cm³/mol. The van der Waals surface area contributed by atoms with Gasteiger partial charge in [0.05, 0.1) is 29.9 Å². The first kappa shape index (κ1) is 20.5. The molecule has 1 aliphatic rings. The van der Waals surface area contributed by atoms with Crippen LogP contribution in [0.15, 0.2) is 42.5 Å². The molecule has 0 atom stereocenters. The summed E-state index contributed by atoms with van der Waals surface area (Å²) in [6.45, 7) is 1.43. The maximum absolute atomic E-state index is 13.5. The van der Waals surface area contributed by atoms with Gasteiger partial charge in [0.15, 0.2) is 5.69 Å². The average molecular weight is 443 g/mol. The first-order valence-corrected chi connectivity index (χ1v) is 11.0. The van der Waals surface area contributed by atoms with Crippen LogP contribution < -0.4 is 15.4 Å². The topological polar surface area (TPSA) is 127 Å². The number of benzene rings is 2. The first-order chi connectivity index (χ1) is 14.5. The molecule has 11 heteroatoms. The van der Waals surface area contributed by atoms with Gasteiger partial charge in [0, 0.05) is 23.7 Å². The van der Waals surface area contributed by atoms with Crippen LogP contribution in [0.3, 0.4) is 0 Å². The Balaban J connectivity index is 2.02. The lowest BCUT2D eigenvalue weighted by Crippen LogP contribution is -2.32. The fraction of sp³-hybridized carbons (Fsp3) is 0.150. The molecule has 0 bridgehead atoms. The summed E-state index contributed by atoms with van der Waals surface area (Å²) in [6, 6.07) is 10.2. The number of amides is 2. The zero-order valence-electron chi connectivity index (χ0n) is 16.6. The number of primary amides is 1. The normalized spacial score (nSPS) is 12.8. The molecule has 2 amide bonds. The summed E-state index contributed by atoms with van der Waals surface area (Å²) in [5.74, 6) is -1.50. The molecular formula is C20H18FN5O4S. The largest absolute Gasteiger partial charge is 0.364 e. The lowest BCUT2D eigenvalue weighted by atomic mass is 9.97. The van der Waals surface area contributed by atoms with Crippen LogP contribution in [0.2, 0.25) is 0 Å². The Labute approximate surface area is 177 Å². The number of fused-ring (bicyclic) bond motifs is 3. The van der Waals surface area contributed by atoms with E-state index in [1.807, 2.05) is 0 Å². The number of nitrogens with zero attached hydrogens (tertiary/aromatic N) is 3. The quantitative estimate of drug-likeness (QED) is 0.638. The Kier molecular flexibility index (Phi) is 4.77. The summed E-state index contributed by atoms with van der Waals surface area (Å²) in [6.07, 6.45) is 1.02. The van der Waals surface area contributed by atoms with Crippen LogP contribution in [0.5, 0.6) is 0 Å². The van der Waals surface area contributed by atoms with Gasteiger partial charge in [-0.2, -0.15) is 5.10 Å². The Bertz CT molecular complexity index is 1330. The van der Waals surface area contributed by atoms with E-state index in [0.717, 1.165) is 6.26 Å². The van der Waals surface area contributed by atoms with Crippen LogP contribution >= 0.6 is 0 Å². The number of nitrogens with one attached hydrogen (secondary N) is 1. The third-order valence-electron chi connectivity index (χ3n) is 4.83. The summed E-state index contributed by atoms with van der Waals surface area (Å²) < 4.78 is 40.7. The van der Waals surface area contributed by atoms with Crippen LogP contribution in [0.25, 0.3) is 16.9 Å². The highest BCUT2D eigenvalue weighted by Gasteiger charge is 2.33. The Morgan fingerprint density at radius 1 is 1.16 bits per heavy atom. The number of carbonyl (C=O) groups is 2. The van der Waals surface area contributed by atoms with Crippen molar-refractivity contribution in [1.29, 1.82) is 0 Å². The fourth-order valence-corrected chi connectivity index (χ4v) is 4.16. The Morgan fingerprint density at radius 3 is 2.42 bits per heavy atom. The predicted octanol–water partition coefficient (Wildman–Crippen LogP) is 2.02. The number of sulfonamides is 1. The Hall–Kier alpha value is -3.73. The standard InChI is InChI=1S/C20H18FN5O4S/c1-11(27)25-10-16-18(20(22)28)23-26(14-6-3-12(21)4-7-14)19(16)15-9-13(5-8-17(15)25)24-31(2,29)30/h3-9,24H,10H2,1-2H3,(H2,22,28). The van der Waals surface area contributed by atoms with E-state index < -0.39 is 21.7 Å². The third kappa shape index (κ3) is 3.75. The van der Waals surface area contributed by atoms with Crippen LogP contribution in [0.4, 0.5) is 15.8 Å². The second kappa shape index (κ2) is 7.20. The van der Waals surface area contributed by atoms with E-state index in [2.05, 4.69) is 9.82 Å². The maximum atomic E-state index is 13.5. The molecule has 0 saturated carbocycles. The molecule has 0 saturated heterocycles. The van der Waals surface area contributed by atoms with E-state index in [-0.39, 0.29) is 23.8 Å². The van der Waals surface area contributed by atoms with Crippen molar-refractivity contribution in [3.63, 3.8) is 0 Å². The highest BCUT2D eigenvalue weighted by molar-refractivity contribution is 7.92. The number of anilines is 2. The fourth-order valence-electron chi connectivity index (χ4n) is 3.61. The number of halogens is 1. The molecule has 0 aliphatic carbocycles. The molecule has 1 aromatic heterocycles. The zero-order valence-corrected chi connectivity index (χ0v) is 17.4. The van der Waals surface area contributed by atoms with Gasteiger partial charge in [0.1, 0.15) is 5.82 Å². The van der Waals surface area contributed by atoms with Crippen LogP contribution in [0.1, 0.15) is 23.0 Å². The van der Waals surface area contributed by atoms with Crippen LogP contribution in [-0.4, -0.2) is 36.3 Å². The highest BCUT2D eigenvalue weighted by atomic mass is 32.2. The minimum atomic E-state index is -3.55. The van der Waals surface area contributed by atoms with Gasteiger partial charge < -0.3 is 10.6 Å². The van der Waals surface area contributed by atoms with Crippen LogP contribution in [0, 0.1) is 5.82 Å². The molecule has 160 valence electrons. The second-order valence-corrected chi connectivity index (χ2v) is 8.89. The Morgan fingerprint density at radius 2 is 1.84 bits per heavy atom. The average Bonchev–Trinajstić information content (AvgIpc) is 3.06. The van der Waals surface area contributed by atoms with Gasteiger partial charge in [-0.1, -0.05) is 0 Å². The van der Waals surface area contributed by atoms with E-state index in [9.17, 15) is 22.4 Å². The summed E-state index contributed by atoms with van der Waals surface area (Å²) >= 11 is 0. The van der Waals surface area contributed by atoms with E-state index in [1.165, 1.54) is 46.8 Å². The highest BCUT2D eigenvalue weighted by Crippen LogP contribution is 2.43. The van der Waals surface area contributed by atoms with E-state index in [4.69, 9.17) is 5.73 Å². The van der Waals surface area contributed by atoms with Gasteiger partial charge in [0.2, 0.25) is 15.9 Å². The molecule has 0 fully saturated rings. The van der Waals surface area contributed by atoms with Crippen molar-refractivity contribution < 1.29 is 22.4 Å². The molecule has 4 rings (SSSR count). The monoisotopic (exact) mass is 443 g/mol. The number of carbonyl (C=O) groups excluding carboxylic acids is 2. The van der Waals surface area contributed by atoms with E-state index in [1.54, 1.807) is 12.1 Å². The first-order valence-electron chi connectivity index (χ1n) is 9.13. The summed E-state index contributed by atoms with van der Waals surface area (Å²) in [7, 11) is -3.55. The van der Waals surface area contributed by atoms with Crippen molar-refractivity contribution in [3.05, 3.63) is 59.5 Å². The number of rotatable bonds is 4. The SMILES string of the molecule is CC(=O)N1Cc2c(C(N)=O)nn(-c3ccc(F)cc3)c2-c2cc(NS(C)(=O)=O)ccc21. The lowest BCUT2D eigenvalue weighted by Gasteiger charge is -2.30. The molecule has 3 N–H and O–H groups in total. The second-order valence-electron chi connectivity index (χ2n) is 7.14. The lowest BCUT2D eigenvalue weighted by molar-refractivity contribution is -0.116. The van der Waals surface area contributed by atoms with E-state index in [0.29, 0.717) is 28.2 Å². The molecule has 2 aromatic carbocycles. The van der Waals surface area contributed by atoms with Crippen molar-refractivity contribution >= 4 is 33.2 Å². The molecule has 9 nitrogen and oxygen atoms in total. The van der Waals surface area contributed by atoms with Gasteiger partial charge >= 0.3 is 0 Å². The van der Waals surface area contributed by atoms with Crippen molar-refractivity contribution in [2.45, 2.75) is 13.5 Å². The van der Waals surface area contributed by atoms with Crippen molar-refractivity contribution in [2.24, 2.45) is 5.73 Å².